The summed E-state index contributed by atoms with van der Waals surface area (Å²) in [5, 5.41) is 14.8. The molecule has 2 saturated heterocycles. The third kappa shape index (κ3) is 6.98. The van der Waals surface area contributed by atoms with Crippen LogP contribution in [0.5, 0.6) is 6.01 Å². The average molecular weight is 634 g/mol. The second-order valence-corrected chi connectivity index (χ2v) is 17.7. The fourth-order valence-corrected chi connectivity index (χ4v) is 11.5. The number of anilines is 1. The molecule has 0 bridgehead atoms. The van der Waals surface area contributed by atoms with Gasteiger partial charge in [-0.1, -0.05) is 86.6 Å². The highest BCUT2D eigenvalue weighted by Gasteiger charge is 2.54. The Labute approximate surface area is 267 Å². The Hall–Kier alpha value is -3.58. The van der Waals surface area contributed by atoms with Gasteiger partial charge in [0.1, 0.15) is 6.10 Å². The van der Waals surface area contributed by atoms with Gasteiger partial charge in [0.05, 0.1) is 25.4 Å². The number of amidine groups is 1. The van der Waals surface area contributed by atoms with Gasteiger partial charge in [0.25, 0.3) is 8.32 Å². The van der Waals surface area contributed by atoms with Gasteiger partial charge in [0, 0.05) is 12.6 Å². The highest BCUT2D eigenvalue weighted by atomic mass is 28.4. The molecule has 0 amide bonds. The van der Waals surface area contributed by atoms with E-state index in [1.165, 1.54) is 10.4 Å². The van der Waals surface area contributed by atoms with Crippen molar-refractivity contribution in [2.24, 2.45) is 10.9 Å². The number of likely N-dealkylation sites (tertiary alicyclic amines) is 1. The van der Waals surface area contributed by atoms with Crippen molar-refractivity contribution < 1.29 is 19.1 Å². The zero-order valence-corrected chi connectivity index (χ0v) is 28.3. The van der Waals surface area contributed by atoms with Gasteiger partial charge in [-0.25, -0.2) is 0 Å². The third-order valence-corrected chi connectivity index (χ3v) is 14.1. The normalized spacial score (nSPS) is 22.7. The van der Waals surface area contributed by atoms with E-state index in [4.69, 9.17) is 24.6 Å². The van der Waals surface area contributed by atoms with Crippen molar-refractivity contribution in [3.05, 3.63) is 66.5 Å². The van der Waals surface area contributed by atoms with E-state index in [9.17, 15) is 5.21 Å². The summed E-state index contributed by atoms with van der Waals surface area (Å²) in [7, 11) is -0.813. The molecule has 3 heterocycles. The van der Waals surface area contributed by atoms with Crippen molar-refractivity contribution in [3.8, 4) is 6.01 Å². The number of oxime groups is 1. The number of nitrogens with two attached hydrogens (primary N) is 1. The Bertz CT molecular complexity index is 1420. The molecule has 2 aliphatic heterocycles. The Morgan fingerprint density at radius 3 is 2.27 bits per heavy atom. The molecule has 0 radical (unpaired) electrons. The number of nitrogens with zero attached hydrogens (tertiary/aromatic N) is 6. The molecule has 45 heavy (non-hydrogen) atoms. The van der Waals surface area contributed by atoms with Crippen LogP contribution >= 0.6 is 0 Å². The minimum atomic E-state index is -2.91. The highest BCUT2D eigenvalue weighted by molar-refractivity contribution is 6.99. The van der Waals surface area contributed by atoms with Crippen LogP contribution in [-0.4, -0.2) is 96.9 Å². The first-order valence-corrected chi connectivity index (χ1v) is 17.6. The third-order valence-electron chi connectivity index (χ3n) is 8.89. The monoisotopic (exact) mass is 633 g/mol. The summed E-state index contributed by atoms with van der Waals surface area (Å²) in [6.07, 6.45) is 1.98. The van der Waals surface area contributed by atoms with E-state index >= 15 is 0 Å². The maximum absolute atomic E-state index is 9.48. The van der Waals surface area contributed by atoms with E-state index < -0.39 is 13.9 Å². The van der Waals surface area contributed by atoms with Crippen molar-refractivity contribution in [1.29, 1.82) is 0 Å². The summed E-state index contributed by atoms with van der Waals surface area (Å²) < 4.78 is 20.1. The van der Waals surface area contributed by atoms with Gasteiger partial charge in [-0.15, -0.1) is 0 Å². The largest absolute Gasteiger partial charge is 0.459 e. The molecule has 12 heteroatoms. The summed E-state index contributed by atoms with van der Waals surface area (Å²) in [6.45, 7) is 13.7. The molecule has 3 aromatic rings. The molecular weight excluding hydrogens is 586 g/mol. The van der Waals surface area contributed by atoms with Crippen LogP contribution in [0.15, 0.2) is 65.8 Å². The van der Waals surface area contributed by atoms with Crippen molar-refractivity contribution in [1.82, 2.24) is 19.9 Å². The van der Waals surface area contributed by atoms with Crippen LogP contribution in [0.25, 0.3) is 0 Å². The molecule has 2 fully saturated rings. The van der Waals surface area contributed by atoms with Gasteiger partial charge in [0.15, 0.2) is 0 Å². The number of aromatic nitrogens is 3. The molecule has 5 rings (SSSR count). The van der Waals surface area contributed by atoms with E-state index in [2.05, 4.69) is 103 Å². The van der Waals surface area contributed by atoms with Crippen molar-refractivity contribution in [2.75, 3.05) is 44.8 Å². The SMILES string of the molecule is C[C@H](Oc1nc(/C(N)=N/O)nc(N2CCOCC(C)(O[Si](c3ccccc3)(c3ccccc3)C(C)(C)C)C2)n1)[C@@H]1CCCN1C. The first-order valence-electron chi connectivity index (χ1n) is 15.7. The Morgan fingerprint density at radius 2 is 1.71 bits per heavy atom. The number of hydrogen-bond donors (Lipinski definition) is 2. The van der Waals surface area contributed by atoms with E-state index in [-0.39, 0.29) is 34.9 Å². The predicted octanol–water partition coefficient (Wildman–Crippen LogP) is 3.00. The molecule has 242 valence electrons. The summed E-state index contributed by atoms with van der Waals surface area (Å²) in [4.78, 5) is 18.1. The number of hydrogen-bond acceptors (Lipinski definition) is 10. The number of benzene rings is 2. The van der Waals surface area contributed by atoms with Crippen molar-refractivity contribution >= 4 is 30.5 Å². The minimum Gasteiger partial charge on any atom is -0.459 e. The molecule has 1 unspecified atom stereocenters. The lowest BCUT2D eigenvalue weighted by molar-refractivity contribution is -0.000403. The van der Waals surface area contributed by atoms with Gasteiger partial charge in [-0.2, -0.15) is 15.0 Å². The summed E-state index contributed by atoms with van der Waals surface area (Å²) in [5.41, 5.74) is 5.26. The zero-order chi connectivity index (χ0) is 32.2. The highest BCUT2D eigenvalue weighted by Crippen LogP contribution is 2.40. The van der Waals surface area contributed by atoms with Crippen LogP contribution < -0.4 is 25.7 Å². The fraction of sp³-hybridized carbons (Fsp3) is 0.515. The molecule has 11 nitrogen and oxygen atoms in total. The molecule has 1 aromatic heterocycles. The molecular formula is C33H47N7O4Si. The Morgan fingerprint density at radius 1 is 1.07 bits per heavy atom. The molecule has 0 saturated carbocycles. The van der Waals surface area contributed by atoms with E-state index in [1.807, 2.05) is 24.0 Å². The van der Waals surface area contributed by atoms with Crippen LogP contribution in [0.2, 0.25) is 5.04 Å². The van der Waals surface area contributed by atoms with Crippen LogP contribution in [0.4, 0.5) is 5.95 Å². The summed E-state index contributed by atoms with van der Waals surface area (Å²) >= 11 is 0. The number of rotatable bonds is 9. The van der Waals surface area contributed by atoms with Gasteiger partial charge in [-0.3, -0.25) is 4.90 Å². The zero-order valence-electron chi connectivity index (χ0n) is 27.3. The average Bonchev–Trinajstić information content (AvgIpc) is 3.37. The van der Waals surface area contributed by atoms with Gasteiger partial charge in [-0.05, 0) is 55.7 Å². The lowest BCUT2D eigenvalue weighted by atomic mass is 10.1. The minimum absolute atomic E-state index is 0.0456. The van der Waals surface area contributed by atoms with Crippen LogP contribution in [0.1, 0.15) is 53.3 Å². The van der Waals surface area contributed by atoms with E-state index in [0.717, 1.165) is 19.4 Å². The van der Waals surface area contributed by atoms with E-state index in [0.29, 0.717) is 32.3 Å². The van der Waals surface area contributed by atoms with Crippen LogP contribution in [0, 0.1) is 0 Å². The second-order valence-electron chi connectivity index (χ2n) is 13.4. The summed E-state index contributed by atoms with van der Waals surface area (Å²) in [5.74, 6) is 0.187. The summed E-state index contributed by atoms with van der Waals surface area (Å²) in [6, 6.07) is 21.5. The lowest BCUT2D eigenvalue weighted by Crippen LogP contribution is -2.70. The van der Waals surface area contributed by atoms with Crippen LogP contribution in [0.3, 0.4) is 0 Å². The first-order chi connectivity index (χ1) is 21.5. The van der Waals surface area contributed by atoms with Gasteiger partial charge >= 0.3 is 6.01 Å². The molecule has 0 aliphatic carbocycles. The molecule has 2 aliphatic rings. The quantitative estimate of drug-likeness (QED) is 0.119. The van der Waals surface area contributed by atoms with Crippen molar-refractivity contribution in [2.45, 2.75) is 70.2 Å². The number of ether oxygens (including phenoxy) is 2. The lowest BCUT2D eigenvalue weighted by Gasteiger charge is -2.48. The fourth-order valence-electron chi connectivity index (χ4n) is 6.72. The van der Waals surface area contributed by atoms with Crippen molar-refractivity contribution in [3.63, 3.8) is 0 Å². The van der Waals surface area contributed by atoms with Gasteiger partial charge in [0.2, 0.25) is 17.6 Å². The smallest absolute Gasteiger partial charge is 0.322 e. The molecule has 0 spiro atoms. The van der Waals surface area contributed by atoms with Crippen LogP contribution in [-0.2, 0) is 9.16 Å². The van der Waals surface area contributed by atoms with Gasteiger partial charge < -0.3 is 29.7 Å². The molecule has 3 atom stereocenters. The first kappa shape index (κ1) is 32.8. The maximum atomic E-state index is 9.48. The standard InChI is InChI=1S/C33H47N7O4Si/c1-24(27-18-13-19-39(27)6)43-31-36-29(28(34)38-41)35-30(37-31)40-20-21-42-23-33(5,22-40)44-45(32(2,3)4,25-14-9-7-10-15-25)26-16-11-8-12-17-26/h7-12,14-17,24,27,41H,13,18-23H2,1-6H3,(H2,34,38)/t24-,27-,33?/m0/s1. The molecule has 2 aromatic carbocycles. The number of likely N-dealkylation sites (N-methyl/N-ethyl adjacent to an activating group) is 1. The predicted molar refractivity (Wildman–Crippen MR) is 178 cm³/mol. The Balaban J connectivity index is 1.53. The topological polar surface area (TPSA) is 131 Å². The second kappa shape index (κ2) is 13.4. The van der Waals surface area contributed by atoms with E-state index in [1.54, 1.807) is 0 Å². The molecule has 3 N–H and O–H groups in total. The Kier molecular flexibility index (Phi) is 9.78. The maximum Gasteiger partial charge on any atom is 0.322 e.